The first-order valence-electron chi connectivity index (χ1n) is 8.46. The quantitative estimate of drug-likeness (QED) is 0.899. The molecule has 0 heterocycles. The summed E-state index contributed by atoms with van der Waals surface area (Å²) in [6.07, 6.45) is 6.93. The standard InChI is InChI=1S/C19H29NO/c1-19(2)17(13-18(19)21-3)20-16-12-8-7-11-15(16)14-9-5-4-6-10-14/h4-6,9-10,15-18,20H,7-8,11-13H2,1-3H3. The van der Waals surface area contributed by atoms with Crippen molar-refractivity contribution in [3.05, 3.63) is 35.9 Å². The minimum absolute atomic E-state index is 0.257. The molecule has 3 rings (SSSR count). The van der Waals surface area contributed by atoms with Crippen molar-refractivity contribution in [1.82, 2.24) is 5.32 Å². The van der Waals surface area contributed by atoms with Crippen LogP contribution >= 0.6 is 0 Å². The van der Waals surface area contributed by atoms with Crippen molar-refractivity contribution < 1.29 is 4.74 Å². The molecule has 2 nitrogen and oxygen atoms in total. The third kappa shape index (κ3) is 2.89. The van der Waals surface area contributed by atoms with Gasteiger partial charge in [-0.25, -0.2) is 0 Å². The van der Waals surface area contributed by atoms with Crippen molar-refractivity contribution in [2.45, 2.75) is 70.1 Å². The molecule has 0 spiro atoms. The van der Waals surface area contributed by atoms with E-state index in [2.05, 4.69) is 49.5 Å². The number of nitrogens with one attached hydrogen (secondary N) is 1. The fourth-order valence-corrected chi connectivity index (χ4v) is 4.26. The van der Waals surface area contributed by atoms with E-state index in [4.69, 9.17) is 4.74 Å². The third-order valence-corrected chi connectivity index (χ3v) is 5.87. The van der Waals surface area contributed by atoms with Gasteiger partial charge in [0.25, 0.3) is 0 Å². The molecule has 4 atom stereocenters. The summed E-state index contributed by atoms with van der Waals surface area (Å²) in [6, 6.07) is 12.3. The van der Waals surface area contributed by atoms with Gasteiger partial charge in [-0.1, -0.05) is 57.0 Å². The predicted octanol–water partition coefficient (Wildman–Crippen LogP) is 4.12. The molecule has 4 unspecified atom stereocenters. The van der Waals surface area contributed by atoms with Gasteiger partial charge in [-0.15, -0.1) is 0 Å². The zero-order chi connectivity index (χ0) is 14.9. The van der Waals surface area contributed by atoms with Gasteiger partial charge in [-0.3, -0.25) is 0 Å². The van der Waals surface area contributed by atoms with Crippen LogP contribution in [0.3, 0.4) is 0 Å². The molecule has 0 saturated heterocycles. The maximum atomic E-state index is 5.59. The van der Waals surface area contributed by atoms with Gasteiger partial charge in [0.05, 0.1) is 6.10 Å². The van der Waals surface area contributed by atoms with Crippen LogP contribution in [-0.4, -0.2) is 25.3 Å². The number of methoxy groups -OCH3 is 1. The normalized spacial score (nSPS) is 35.2. The van der Waals surface area contributed by atoms with Gasteiger partial charge in [0, 0.05) is 24.6 Å². The zero-order valence-electron chi connectivity index (χ0n) is 13.6. The number of ether oxygens (including phenoxy) is 1. The highest BCUT2D eigenvalue weighted by Gasteiger charge is 2.49. The van der Waals surface area contributed by atoms with E-state index >= 15 is 0 Å². The van der Waals surface area contributed by atoms with Crippen molar-refractivity contribution in [3.8, 4) is 0 Å². The van der Waals surface area contributed by atoms with Crippen LogP contribution in [0.15, 0.2) is 30.3 Å². The Hall–Kier alpha value is -0.860. The van der Waals surface area contributed by atoms with Gasteiger partial charge in [-0.2, -0.15) is 0 Å². The van der Waals surface area contributed by atoms with E-state index < -0.39 is 0 Å². The first-order valence-corrected chi connectivity index (χ1v) is 8.46. The average molecular weight is 287 g/mol. The third-order valence-electron chi connectivity index (χ3n) is 5.87. The van der Waals surface area contributed by atoms with E-state index in [0.29, 0.717) is 24.1 Å². The second kappa shape index (κ2) is 6.10. The van der Waals surface area contributed by atoms with Gasteiger partial charge in [-0.05, 0) is 30.7 Å². The van der Waals surface area contributed by atoms with E-state index in [1.165, 1.54) is 31.2 Å². The Kier molecular flexibility index (Phi) is 4.37. The van der Waals surface area contributed by atoms with Gasteiger partial charge in [0.2, 0.25) is 0 Å². The highest BCUT2D eigenvalue weighted by molar-refractivity contribution is 5.22. The lowest BCUT2D eigenvalue weighted by atomic mass is 9.63. The minimum atomic E-state index is 0.257. The second-order valence-corrected chi connectivity index (χ2v) is 7.41. The fourth-order valence-electron chi connectivity index (χ4n) is 4.26. The van der Waals surface area contributed by atoms with Gasteiger partial charge in [0.1, 0.15) is 0 Å². The number of rotatable bonds is 4. The maximum Gasteiger partial charge on any atom is 0.0652 e. The van der Waals surface area contributed by atoms with Crippen LogP contribution in [0.4, 0.5) is 0 Å². The molecule has 116 valence electrons. The molecule has 1 aromatic rings. The molecular weight excluding hydrogens is 258 g/mol. The Bertz CT molecular complexity index is 456. The van der Waals surface area contributed by atoms with Crippen LogP contribution < -0.4 is 5.32 Å². The summed E-state index contributed by atoms with van der Waals surface area (Å²) in [5, 5.41) is 3.98. The fraction of sp³-hybridized carbons (Fsp3) is 0.684. The van der Waals surface area contributed by atoms with Gasteiger partial charge >= 0.3 is 0 Å². The van der Waals surface area contributed by atoms with Crippen LogP contribution in [-0.2, 0) is 4.74 Å². The van der Waals surface area contributed by atoms with Crippen molar-refractivity contribution >= 4 is 0 Å². The highest BCUT2D eigenvalue weighted by Crippen LogP contribution is 2.44. The van der Waals surface area contributed by atoms with E-state index in [1.54, 1.807) is 0 Å². The highest BCUT2D eigenvalue weighted by atomic mass is 16.5. The summed E-state index contributed by atoms with van der Waals surface area (Å²) in [5.74, 6) is 0.678. The average Bonchev–Trinajstić information content (AvgIpc) is 2.52. The number of hydrogen-bond donors (Lipinski definition) is 1. The lowest BCUT2D eigenvalue weighted by Gasteiger charge is -2.53. The van der Waals surface area contributed by atoms with Crippen molar-refractivity contribution in [1.29, 1.82) is 0 Å². The molecule has 2 aliphatic carbocycles. The first-order chi connectivity index (χ1) is 10.1. The number of benzene rings is 1. The van der Waals surface area contributed by atoms with Crippen LogP contribution in [0.2, 0.25) is 0 Å². The first kappa shape index (κ1) is 15.1. The van der Waals surface area contributed by atoms with E-state index in [-0.39, 0.29) is 5.41 Å². The maximum absolute atomic E-state index is 5.59. The summed E-state index contributed by atoms with van der Waals surface area (Å²) in [4.78, 5) is 0. The molecule has 0 amide bonds. The van der Waals surface area contributed by atoms with Gasteiger partial charge in [0.15, 0.2) is 0 Å². The molecule has 2 saturated carbocycles. The minimum Gasteiger partial charge on any atom is -0.381 e. The van der Waals surface area contributed by atoms with Crippen LogP contribution in [0.5, 0.6) is 0 Å². The van der Waals surface area contributed by atoms with E-state index in [9.17, 15) is 0 Å². The zero-order valence-corrected chi connectivity index (χ0v) is 13.6. The molecule has 2 heteroatoms. The summed E-state index contributed by atoms with van der Waals surface area (Å²) < 4.78 is 5.59. The Balaban J connectivity index is 1.69. The molecule has 0 aromatic heterocycles. The summed E-state index contributed by atoms with van der Waals surface area (Å²) in [7, 11) is 1.84. The molecule has 0 bridgehead atoms. The lowest BCUT2D eigenvalue weighted by molar-refractivity contribution is -0.102. The largest absolute Gasteiger partial charge is 0.381 e. The molecule has 1 N–H and O–H groups in total. The molecule has 21 heavy (non-hydrogen) atoms. The summed E-state index contributed by atoms with van der Waals surface area (Å²) in [6.45, 7) is 4.67. The van der Waals surface area contributed by atoms with Gasteiger partial charge < -0.3 is 10.1 Å². The molecule has 2 fully saturated rings. The van der Waals surface area contributed by atoms with Crippen molar-refractivity contribution in [3.63, 3.8) is 0 Å². The SMILES string of the molecule is COC1CC(NC2CCCCC2c2ccccc2)C1(C)C. The summed E-state index contributed by atoms with van der Waals surface area (Å²) >= 11 is 0. The van der Waals surface area contributed by atoms with Crippen LogP contribution in [0.25, 0.3) is 0 Å². The Morgan fingerprint density at radius 1 is 1.10 bits per heavy atom. The lowest BCUT2D eigenvalue weighted by Crippen LogP contribution is -2.63. The monoisotopic (exact) mass is 287 g/mol. The molecular formula is C19H29NO. The molecule has 2 aliphatic rings. The van der Waals surface area contributed by atoms with E-state index in [1.807, 2.05) is 7.11 Å². The Labute approximate surface area is 129 Å². The predicted molar refractivity (Wildman–Crippen MR) is 87.6 cm³/mol. The summed E-state index contributed by atoms with van der Waals surface area (Å²) in [5.41, 5.74) is 1.77. The smallest absolute Gasteiger partial charge is 0.0652 e. The molecule has 1 aromatic carbocycles. The van der Waals surface area contributed by atoms with Crippen molar-refractivity contribution in [2.24, 2.45) is 5.41 Å². The van der Waals surface area contributed by atoms with Crippen LogP contribution in [0, 0.1) is 5.41 Å². The Morgan fingerprint density at radius 3 is 2.48 bits per heavy atom. The molecule has 0 radical (unpaired) electrons. The number of hydrogen-bond acceptors (Lipinski definition) is 2. The second-order valence-electron chi connectivity index (χ2n) is 7.41. The molecule has 0 aliphatic heterocycles. The Morgan fingerprint density at radius 2 is 1.81 bits per heavy atom. The van der Waals surface area contributed by atoms with Crippen molar-refractivity contribution in [2.75, 3.05) is 7.11 Å². The van der Waals surface area contributed by atoms with E-state index in [0.717, 1.165) is 6.42 Å². The topological polar surface area (TPSA) is 21.3 Å². The van der Waals surface area contributed by atoms with Crippen LogP contribution in [0.1, 0.15) is 57.4 Å².